The molecule has 0 spiro atoms. The lowest BCUT2D eigenvalue weighted by atomic mass is 9.98. The zero-order valence-corrected chi connectivity index (χ0v) is 12.5. The summed E-state index contributed by atoms with van der Waals surface area (Å²) < 4.78 is 5.29. The van der Waals surface area contributed by atoms with Crippen LogP contribution in [-0.2, 0) is 9.53 Å². The van der Waals surface area contributed by atoms with Crippen molar-refractivity contribution >= 4 is 5.91 Å². The van der Waals surface area contributed by atoms with Gasteiger partial charge in [0, 0.05) is 24.7 Å². The second-order valence-corrected chi connectivity index (χ2v) is 5.47. The summed E-state index contributed by atoms with van der Waals surface area (Å²) in [5.41, 5.74) is 1.94. The highest BCUT2D eigenvalue weighted by Gasteiger charge is 2.22. The Morgan fingerprint density at radius 2 is 2.05 bits per heavy atom. The van der Waals surface area contributed by atoms with Crippen LogP contribution in [0.3, 0.4) is 0 Å². The molecule has 2 heterocycles. The van der Waals surface area contributed by atoms with E-state index in [9.17, 15) is 4.79 Å². The Morgan fingerprint density at radius 3 is 2.68 bits per heavy atom. The molecule has 22 heavy (non-hydrogen) atoms. The van der Waals surface area contributed by atoms with Crippen LogP contribution in [0.1, 0.15) is 31.4 Å². The summed E-state index contributed by atoms with van der Waals surface area (Å²) in [5.74, 6) is 0.735. The van der Waals surface area contributed by atoms with Crippen molar-refractivity contribution < 1.29 is 9.53 Å². The van der Waals surface area contributed by atoms with Crippen molar-refractivity contribution in [2.24, 2.45) is 5.92 Å². The molecule has 7 nitrogen and oxygen atoms in total. The predicted octanol–water partition coefficient (Wildman–Crippen LogP) is 1.47. The van der Waals surface area contributed by atoms with Gasteiger partial charge in [0.1, 0.15) is 0 Å². The summed E-state index contributed by atoms with van der Waals surface area (Å²) in [5, 5.41) is 16.9. The maximum atomic E-state index is 12.2. The van der Waals surface area contributed by atoms with Crippen molar-refractivity contribution in [3.05, 3.63) is 29.8 Å². The van der Waals surface area contributed by atoms with Crippen LogP contribution in [0.4, 0.5) is 0 Å². The molecule has 1 aromatic carbocycles. The lowest BCUT2D eigenvalue weighted by Gasteiger charge is -2.23. The molecule has 1 aromatic heterocycles. The maximum absolute atomic E-state index is 12.2. The van der Waals surface area contributed by atoms with Gasteiger partial charge in [0.15, 0.2) is 0 Å². The molecule has 1 amide bonds. The number of ether oxygens (including phenoxy) is 1. The van der Waals surface area contributed by atoms with E-state index in [1.54, 1.807) is 0 Å². The number of tetrazole rings is 1. The lowest BCUT2D eigenvalue weighted by molar-refractivity contribution is -0.128. The topological polar surface area (TPSA) is 92.8 Å². The summed E-state index contributed by atoms with van der Waals surface area (Å²) in [6.45, 7) is 3.33. The van der Waals surface area contributed by atoms with Gasteiger partial charge in [0.2, 0.25) is 11.7 Å². The minimum atomic E-state index is -0.0327. The van der Waals surface area contributed by atoms with E-state index in [1.807, 2.05) is 31.2 Å². The Balaban J connectivity index is 1.62. The van der Waals surface area contributed by atoms with Gasteiger partial charge >= 0.3 is 0 Å². The van der Waals surface area contributed by atoms with Crippen molar-refractivity contribution in [3.8, 4) is 11.4 Å². The van der Waals surface area contributed by atoms with Crippen LogP contribution in [0.2, 0.25) is 0 Å². The second kappa shape index (κ2) is 6.65. The van der Waals surface area contributed by atoms with Crippen LogP contribution in [0, 0.1) is 5.92 Å². The van der Waals surface area contributed by atoms with E-state index in [0.717, 1.165) is 24.0 Å². The van der Waals surface area contributed by atoms with Crippen LogP contribution < -0.4 is 5.32 Å². The summed E-state index contributed by atoms with van der Waals surface area (Å²) in [6.07, 6.45) is 1.60. The molecule has 116 valence electrons. The number of aromatic nitrogens is 4. The number of benzene rings is 1. The number of H-pyrrole nitrogens is 1. The Morgan fingerprint density at radius 1 is 1.32 bits per heavy atom. The maximum Gasteiger partial charge on any atom is 0.223 e. The number of carbonyl (C=O) groups is 1. The number of hydrogen-bond acceptors (Lipinski definition) is 5. The molecule has 1 saturated heterocycles. The van der Waals surface area contributed by atoms with Gasteiger partial charge in [-0.05, 0) is 30.5 Å². The van der Waals surface area contributed by atoms with Gasteiger partial charge in [-0.15, -0.1) is 10.2 Å². The van der Waals surface area contributed by atoms with Crippen LogP contribution in [0.5, 0.6) is 0 Å². The molecule has 1 aliphatic rings. The number of nitrogens with one attached hydrogen (secondary N) is 2. The number of carbonyl (C=O) groups excluding carboxylic acids is 1. The first kappa shape index (κ1) is 14.6. The molecule has 1 fully saturated rings. The minimum absolute atomic E-state index is 0.0327. The molecule has 1 aliphatic heterocycles. The highest BCUT2D eigenvalue weighted by atomic mass is 16.5. The largest absolute Gasteiger partial charge is 0.381 e. The van der Waals surface area contributed by atoms with Gasteiger partial charge in [-0.3, -0.25) is 4.79 Å². The quantitative estimate of drug-likeness (QED) is 0.892. The van der Waals surface area contributed by atoms with E-state index in [2.05, 4.69) is 25.9 Å². The fourth-order valence-electron chi connectivity index (χ4n) is 2.58. The second-order valence-electron chi connectivity index (χ2n) is 5.47. The normalized spacial score (nSPS) is 17.1. The lowest BCUT2D eigenvalue weighted by Crippen LogP contribution is -2.35. The van der Waals surface area contributed by atoms with Crippen molar-refractivity contribution in [1.82, 2.24) is 25.9 Å². The van der Waals surface area contributed by atoms with Crippen molar-refractivity contribution in [1.29, 1.82) is 0 Å². The molecule has 0 bridgehead atoms. The first-order valence-corrected chi connectivity index (χ1v) is 7.46. The first-order valence-electron chi connectivity index (χ1n) is 7.46. The Bertz CT molecular complexity index is 605. The summed E-state index contributed by atoms with van der Waals surface area (Å²) in [7, 11) is 0. The molecule has 7 heteroatoms. The number of nitrogens with zero attached hydrogens (tertiary/aromatic N) is 3. The van der Waals surface area contributed by atoms with E-state index in [-0.39, 0.29) is 17.9 Å². The van der Waals surface area contributed by atoms with Crippen LogP contribution >= 0.6 is 0 Å². The average Bonchev–Trinajstić information content (AvgIpc) is 3.10. The van der Waals surface area contributed by atoms with Gasteiger partial charge in [0.05, 0.1) is 6.04 Å². The van der Waals surface area contributed by atoms with E-state index in [0.29, 0.717) is 19.0 Å². The highest BCUT2D eigenvalue weighted by molar-refractivity contribution is 5.79. The third kappa shape index (κ3) is 3.30. The van der Waals surface area contributed by atoms with Crippen molar-refractivity contribution in [3.63, 3.8) is 0 Å². The molecule has 2 N–H and O–H groups in total. The zero-order valence-electron chi connectivity index (χ0n) is 12.5. The zero-order chi connectivity index (χ0) is 15.4. The predicted molar refractivity (Wildman–Crippen MR) is 79.7 cm³/mol. The van der Waals surface area contributed by atoms with Gasteiger partial charge in [-0.25, -0.2) is 0 Å². The Kier molecular flexibility index (Phi) is 4.43. The van der Waals surface area contributed by atoms with Gasteiger partial charge in [-0.1, -0.05) is 24.3 Å². The van der Waals surface area contributed by atoms with Gasteiger partial charge in [-0.2, -0.15) is 5.21 Å². The number of aromatic amines is 1. The average molecular weight is 301 g/mol. The Labute approximate surface area is 128 Å². The van der Waals surface area contributed by atoms with E-state index in [1.165, 1.54) is 0 Å². The van der Waals surface area contributed by atoms with Crippen LogP contribution in [-0.4, -0.2) is 39.7 Å². The minimum Gasteiger partial charge on any atom is -0.381 e. The Hall–Kier alpha value is -2.28. The van der Waals surface area contributed by atoms with Gasteiger partial charge in [0.25, 0.3) is 0 Å². The van der Waals surface area contributed by atoms with E-state index < -0.39 is 0 Å². The summed E-state index contributed by atoms with van der Waals surface area (Å²) in [4.78, 5) is 12.2. The molecule has 3 rings (SSSR count). The fourth-order valence-corrected chi connectivity index (χ4v) is 2.58. The highest BCUT2D eigenvalue weighted by Crippen LogP contribution is 2.20. The van der Waals surface area contributed by atoms with Crippen molar-refractivity contribution in [2.75, 3.05) is 13.2 Å². The molecule has 0 radical (unpaired) electrons. The standard InChI is InChI=1S/C15H19N5O2/c1-10(16-15(21)13-6-8-22-9-7-13)11-2-4-12(5-3-11)14-17-19-20-18-14/h2-5,10,13H,6-9H2,1H3,(H,16,21)(H,17,18,19,20). The molecule has 1 atom stereocenters. The third-order valence-electron chi connectivity index (χ3n) is 3.97. The molecule has 1 unspecified atom stereocenters. The molecular formula is C15H19N5O2. The molecule has 2 aromatic rings. The fraction of sp³-hybridized carbons (Fsp3) is 0.467. The third-order valence-corrected chi connectivity index (χ3v) is 3.97. The molecule has 0 saturated carbocycles. The first-order chi connectivity index (χ1) is 10.7. The molecule has 0 aliphatic carbocycles. The van der Waals surface area contributed by atoms with E-state index >= 15 is 0 Å². The number of hydrogen-bond donors (Lipinski definition) is 2. The number of rotatable bonds is 4. The van der Waals surface area contributed by atoms with Crippen molar-refractivity contribution in [2.45, 2.75) is 25.8 Å². The van der Waals surface area contributed by atoms with Crippen LogP contribution in [0.25, 0.3) is 11.4 Å². The summed E-state index contributed by atoms with van der Waals surface area (Å²) in [6, 6.07) is 7.77. The summed E-state index contributed by atoms with van der Waals surface area (Å²) >= 11 is 0. The van der Waals surface area contributed by atoms with Gasteiger partial charge < -0.3 is 10.1 Å². The van der Waals surface area contributed by atoms with Crippen LogP contribution in [0.15, 0.2) is 24.3 Å². The smallest absolute Gasteiger partial charge is 0.223 e. The SMILES string of the molecule is CC(NC(=O)C1CCOCC1)c1ccc(-c2nn[nH]n2)cc1. The molecular weight excluding hydrogens is 282 g/mol. The number of amides is 1. The monoisotopic (exact) mass is 301 g/mol. The van der Waals surface area contributed by atoms with E-state index in [4.69, 9.17) is 4.74 Å².